The SMILES string of the molecule is CN1C=NC=C(C=O)C1. The van der Waals surface area contributed by atoms with Crippen molar-refractivity contribution in [2.75, 3.05) is 13.6 Å². The Labute approximate surface area is 53.7 Å². The fourth-order valence-corrected chi connectivity index (χ4v) is 0.680. The summed E-state index contributed by atoms with van der Waals surface area (Å²) in [6.07, 6.45) is 4.09. The highest BCUT2D eigenvalue weighted by Crippen LogP contribution is 1.97. The number of nitrogens with zero attached hydrogens (tertiary/aromatic N) is 2. The summed E-state index contributed by atoms with van der Waals surface area (Å²) >= 11 is 0. The lowest BCUT2D eigenvalue weighted by molar-refractivity contribution is -0.105. The molecular formula is C6H8N2O. The van der Waals surface area contributed by atoms with Crippen LogP contribution >= 0.6 is 0 Å². The van der Waals surface area contributed by atoms with E-state index in [2.05, 4.69) is 4.99 Å². The van der Waals surface area contributed by atoms with Crippen molar-refractivity contribution in [3.05, 3.63) is 11.8 Å². The molecule has 3 heteroatoms. The molecule has 1 aliphatic rings. The number of hydrogen-bond donors (Lipinski definition) is 0. The lowest BCUT2D eigenvalue weighted by atomic mass is 10.3. The van der Waals surface area contributed by atoms with E-state index in [1.807, 2.05) is 11.9 Å². The zero-order valence-corrected chi connectivity index (χ0v) is 5.24. The molecule has 0 spiro atoms. The number of hydrogen-bond acceptors (Lipinski definition) is 3. The Morgan fingerprint density at radius 3 is 3.11 bits per heavy atom. The molecule has 0 aromatic heterocycles. The van der Waals surface area contributed by atoms with E-state index in [-0.39, 0.29) is 0 Å². The minimum absolute atomic E-state index is 0.674. The number of carbonyl (C=O) groups is 1. The fraction of sp³-hybridized carbons (Fsp3) is 0.333. The summed E-state index contributed by atoms with van der Waals surface area (Å²) in [6.45, 7) is 0.674. The Morgan fingerprint density at radius 2 is 2.67 bits per heavy atom. The molecule has 0 N–H and O–H groups in total. The van der Waals surface area contributed by atoms with Gasteiger partial charge < -0.3 is 4.90 Å². The van der Waals surface area contributed by atoms with Crippen LogP contribution in [0.15, 0.2) is 16.8 Å². The van der Waals surface area contributed by atoms with Crippen molar-refractivity contribution in [1.29, 1.82) is 0 Å². The number of likely N-dealkylation sites (N-methyl/N-ethyl adjacent to an activating group) is 1. The predicted molar refractivity (Wildman–Crippen MR) is 35.3 cm³/mol. The van der Waals surface area contributed by atoms with Crippen LogP contribution in [0.25, 0.3) is 0 Å². The molecule has 0 unspecified atom stereocenters. The van der Waals surface area contributed by atoms with Gasteiger partial charge in [0.2, 0.25) is 0 Å². The van der Waals surface area contributed by atoms with Crippen molar-refractivity contribution >= 4 is 12.6 Å². The maximum absolute atomic E-state index is 10.1. The first-order valence-corrected chi connectivity index (χ1v) is 2.70. The van der Waals surface area contributed by atoms with Crippen LogP contribution in [-0.2, 0) is 4.79 Å². The largest absolute Gasteiger partial charge is 0.361 e. The molecule has 0 atom stereocenters. The van der Waals surface area contributed by atoms with Crippen molar-refractivity contribution in [3.8, 4) is 0 Å². The molecule has 1 rings (SSSR count). The molecule has 0 fully saturated rings. The van der Waals surface area contributed by atoms with Gasteiger partial charge in [-0.1, -0.05) is 0 Å². The summed E-state index contributed by atoms with van der Waals surface area (Å²) in [4.78, 5) is 15.8. The van der Waals surface area contributed by atoms with Gasteiger partial charge in [-0.3, -0.25) is 4.79 Å². The second-order valence-corrected chi connectivity index (χ2v) is 2.00. The van der Waals surface area contributed by atoms with Crippen LogP contribution < -0.4 is 0 Å². The lowest BCUT2D eigenvalue weighted by Crippen LogP contribution is -2.21. The van der Waals surface area contributed by atoms with Gasteiger partial charge >= 0.3 is 0 Å². The Bertz CT molecular complexity index is 172. The van der Waals surface area contributed by atoms with Gasteiger partial charge in [-0.25, -0.2) is 4.99 Å². The molecule has 9 heavy (non-hydrogen) atoms. The van der Waals surface area contributed by atoms with Crippen LogP contribution in [0, 0.1) is 0 Å². The number of rotatable bonds is 1. The molecule has 48 valence electrons. The van der Waals surface area contributed by atoms with Crippen LogP contribution in [0.5, 0.6) is 0 Å². The third-order valence-corrected chi connectivity index (χ3v) is 1.09. The van der Waals surface area contributed by atoms with E-state index in [1.165, 1.54) is 0 Å². The number of carbonyl (C=O) groups excluding carboxylic acids is 1. The third-order valence-electron chi connectivity index (χ3n) is 1.09. The molecule has 0 radical (unpaired) electrons. The van der Waals surface area contributed by atoms with E-state index < -0.39 is 0 Å². The number of aliphatic imine (C=N–C) groups is 1. The van der Waals surface area contributed by atoms with Gasteiger partial charge in [0.1, 0.15) is 6.29 Å². The Kier molecular flexibility index (Phi) is 1.63. The average Bonchev–Trinajstić information content (AvgIpc) is 1.88. The maximum Gasteiger partial charge on any atom is 0.149 e. The standard InChI is InChI=1S/C6H8N2O/c1-8-3-6(4-9)2-7-5-8/h2,4-5H,3H2,1H3. The third kappa shape index (κ3) is 1.38. The summed E-state index contributed by atoms with van der Waals surface area (Å²) in [7, 11) is 1.88. The maximum atomic E-state index is 10.1. The predicted octanol–water partition coefficient (Wildman–Crippen LogP) is 0.0429. The lowest BCUT2D eigenvalue weighted by Gasteiger charge is -2.14. The zero-order valence-electron chi connectivity index (χ0n) is 5.24. The average molecular weight is 124 g/mol. The molecule has 0 saturated heterocycles. The Balaban J connectivity index is 2.65. The Morgan fingerprint density at radius 1 is 1.89 bits per heavy atom. The van der Waals surface area contributed by atoms with Gasteiger partial charge in [0.05, 0.1) is 6.34 Å². The van der Waals surface area contributed by atoms with E-state index in [0.29, 0.717) is 6.54 Å². The highest BCUT2D eigenvalue weighted by Gasteiger charge is 2.00. The molecule has 0 aromatic rings. The second-order valence-electron chi connectivity index (χ2n) is 2.00. The van der Waals surface area contributed by atoms with Gasteiger partial charge in [0.15, 0.2) is 0 Å². The molecule has 0 amide bonds. The summed E-state index contributed by atoms with van der Waals surface area (Å²) in [5.41, 5.74) is 0.722. The van der Waals surface area contributed by atoms with Crippen molar-refractivity contribution in [1.82, 2.24) is 4.90 Å². The van der Waals surface area contributed by atoms with Crippen molar-refractivity contribution in [2.45, 2.75) is 0 Å². The summed E-state index contributed by atoms with van der Waals surface area (Å²) < 4.78 is 0. The molecule has 0 aromatic carbocycles. The first kappa shape index (κ1) is 6.01. The van der Waals surface area contributed by atoms with Gasteiger partial charge in [-0.2, -0.15) is 0 Å². The monoisotopic (exact) mass is 124 g/mol. The second kappa shape index (κ2) is 2.44. The van der Waals surface area contributed by atoms with E-state index in [0.717, 1.165) is 11.9 Å². The Hall–Kier alpha value is -1.12. The molecule has 1 aliphatic heterocycles. The molecule has 1 heterocycles. The van der Waals surface area contributed by atoms with Crippen LogP contribution in [-0.4, -0.2) is 31.1 Å². The minimum atomic E-state index is 0.674. The molecule has 0 saturated carbocycles. The molecule has 3 nitrogen and oxygen atoms in total. The fourth-order valence-electron chi connectivity index (χ4n) is 0.680. The quantitative estimate of drug-likeness (QED) is 0.462. The van der Waals surface area contributed by atoms with E-state index in [1.54, 1.807) is 12.5 Å². The van der Waals surface area contributed by atoms with Crippen molar-refractivity contribution in [2.24, 2.45) is 4.99 Å². The normalized spacial score (nSPS) is 17.4. The minimum Gasteiger partial charge on any atom is -0.361 e. The first-order chi connectivity index (χ1) is 4.33. The molecule has 0 bridgehead atoms. The van der Waals surface area contributed by atoms with E-state index >= 15 is 0 Å². The number of aldehydes is 1. The first-order valence-electron chi connectivity index (χ1n) is 2.70. The van der Waals surface area contributed by atoms with E-state index in [4.69, 9.17) is 0 Å². The van der Waals surface area contributed by atoms with Crippen molar-refractivity contribution < 1.29 is 4.79 Å². The van der Waals surface area contributed by atoms with Crippen LogP contribution in [0.1, 0.15) is 0 Å². The van der Waals surface area contributed by atoms with Gasteiger partial charge in [-0.05, 0) is 0 Å². The summed E-state index contributed by atoms with van der Waals surface area (Å²) in [5, 5.41) is 0. The highest BCUT2D eigenvalue weighted by atomic mass is 16.1. The highest BCUT2D eigenvalue weighted by molar-refractivity contribution is 5.76. The summed E-state index contributed by atoms with van der Waals surface area (Å²) in [5.74, 6) is 0. The van der Waals surface area contributed by atoms with Crippen LogP contribution in [0.2, 0.25) is 0 Å². The van der Waals surface area contributed by atoms with Gasteiger partial charge in [0, 0.05) is 25.4 Å². The molecule has 0 aliphatic carbocycles. The summed E-state index contributed by atoms with van der Waals surface area (Å²) in [6, 6.07) is 0. The van der Waals surface area contributed by atoms with Crippen LogP contribution in [0.4, 0.5) is 0 Å². The van der Waals surface area contributed by atoms with Gasteiger partial charge in [-0.15, -0.1) is 0 Å². The van der Waals surface area contributed by atoms with Gasteiger partial charge in [0.25, 0.3) is 0 Å². The molecular weight excluding hydrogens is 116 g/mol. The van der Waals surface area contributed by atoms with Crippen molar-refractivity contribution in [3.63, 3.8) is 0 Å². The smallest absolute Gasteiger partial charge is 0.149 e. The zero-order chi connectivity index (χ0) is 6.69. The van der Waals surface area contributed by atoms with Crippen LogP contribution in [0.3, 0.4) is 0 Å². The topological polar surface area (TPSA) is 32.7 Å². The van der Waals surface area contributed by atoms with E-state index in [9.17, 15) is 4.79 Å².